The monoisotopic (exact) mass is 498 g/mol. The first-order chi connectivity index (χ1) is 18.3. The number of carbonyl (C=O) groups is 1. The standard InChI is InChI=1S/C31H22N4OS/c36-31(22-14-8-3-9-15-22)35-17-16-24-23(19-35)18-25-29(32-24)27-26(20-10-4-1-5-11-20)28(33-34-30(27)37-25)21-12-6-2-7-13-21/h1-15,18H,16-17,19H2. The predicted molar refractivity (Wildman–Crippen MR) is 148 cm³/mol. The third-order valence-electron chi connectivity index (χ3n) is 6.94. The van der Waals surface area contributed by atoms with Crippen LogP contribution in [-0.2, 0) is 13.0 Å². The van der Waals surface area contributed by atoms with E-state index in [1.165, 1.54) is 0 Å². The Hall–Kier alpha value is -4.42. The first-order valence-corrected chi connectivity index (χ1v) is 13.1. The summed E-state index contributed by atoms with van der Waals surface area (Å²) in [6, 6.07) is 32.3. The largest absolute Gasteiger partial charge is 0.334 e. The number of hydrogen-bond acceptors (Lipinski definition) is 5. The Morgan fingerprint density at radius 1 is 0.811 bits per heavy atom. The summed E-state index contributed by atoms with van der Waals surface area (Å²) in [4.78, 5) is 21.1. The quantitative estimate of drug-likeness (QED) is 0.270. The van der Waals surface area contributed by atoms with Gasteiger partial charge in [0.1, 0.15) is 10.5 Å². The number of fused-ring (bicyclic) bond motifs is 4. The Balaban J connectivity index is 1.39. The molecule has 3 aromatic carbocycles. The lowest BCUT2D eigenvalue weighted by Gasteiger charge is -2.28. The number of thiophene rings is 1. The van der Waals surface area contributed by atoms with Crippen LogP contribution in [0.5, 0.6) is 0 Å². The number of benzene rings is 3. The van der Waals surface area contributed by atoms with E-state index in [0.717, 1.165) is 66.1 Å². The molecule has 0 saturated heterocycles. The van der Waals surface area contributed by atoms with E-state index in [-0.39, 0.29) is 5.91 Å². The van der Waals surface area contributed by atoms with E-state index in [2.05, 4.69) is 47.6 Å². The van der Waals surface area contributed by atoms with Gasteiger partial charge < -0.3 is 4.90 Å². The van der Waals surface area contributed by atoms with E-state index >= 15 is 0 Å². The molecular weight excluding hydrogens is 476 g/mol. The zero-order valence-electron chi connectivity index (χ0n) is 20.0. The van der Waals surface area contributed by atoms with Crippen molar-refractivity contribution in [2.45, 2.75) is 13.0 Å². The van der Waals surface area contributed by atoms with Crippen molar-refractivity contribution in [3.05, 3.63) is 114 Å². The molecule has 7 rings (SSSR count). The van der Waals surface area contributed by atoms with Crippen molar-refractivity contribution in [3.8, 4) is 22.4 Å². The van der Waals surface area contributed by atoms with Crippen LogP contribution in [0.25, 0.3) is 42.8 Å². The highest BCUT2D eigenvalue weighted by Gasteiger charge is 2.25. The molecule has 0 atom stereocenters. The smallest absolute Gasteiger partial charge is 0.254 e. The van der Waals surface area contributed by atoms with Crippen molar-refractivity contribution < 1.29 is 4.79 Å². The van der Waals surface area contributed by atoms with Gasteiger partial charge in [0, 0.05) is 47.3 Å². The summed E-state index contributed by atoms with van der Waals surface area (Å²) in [5.74, 6) is 0.0624. The van der Waals surface area contributed by atoms with Crippen LogP contribution < -0.4 is 0 Å². The van der Waals surface area contributed by atoms with Gasteiger partial charge in [-0.3, -0.25) is 9.78 Å². The van der Waals surface area contributed by atoms with Crippen molar-refractivity contribution in [1.29, 1.82) is 0 Å². The number of pyridine rings is 1. The van der Waals surface area contributed by atoms with Gasteiger partial charge in [-0.05, 0) is 29.3 Å². The predicted octanol–water partition coefficient (Wildman–Crippen LogP) is 6.77. The van der Waals surface area contributed by atoms with E-state index in [4.69, 9.17) is 10.1 Å². The fraction of sp³-hybridized carbons (Fsp3) is 0.0968. The summed E-state index contributed by atoms with van der Waals surface area (Å²) in [5.41, 5.74) is 7.90. The molecule has 0 N–H and O–H groups in total. The van der Waals surface area contributed by atoms with Crippen molar-refractivity contribution in [2.75, 3.05) is 6.54 Å². The molecule has 5 nitrogen and oxygen atoms in total. The van der Waals surface area contributed by atoms with Crippen molar-refractivity contribution in [2.24, 2.45) is 0 Å². The van der Waals surface area contributed by atoms with E-state index < -0.39 is 0 Å². The van der Waals surface area contributed by atoms with Gasteiger partial charge in [-0.25, -0.2) is 0 Å². The Morgan fingerprint density at radius 3 is 2.22 bits per heavy atom. The second-order valence-electron chi connectivity index (χ2n) is 9.22. The maximum Gasteiger partial charge on any atom is 0.254 e. The Labute approximate surface area is 218 Å². The topological polar surface area (TPSA) is 59.0 Å². The van der Waals surface area contributed by atoms with Crippen LogP contribution in [0, 0.1) is 0 Å². The van der Waals surface area contributed by atoms with Gasteiger partial charge in [0.05, 0.1) is 10.2 Å². The molecule has 6 heteroatoms. The molecule has 0 saturated carbocycles. The number of amides is 1. The van der Waals surface area contributed by atoms with Gasteiger partial charge in [0.15, 0.2) is 0 Å². The number of hydrogen-bond donors (Lipinski definition) is 0. The van der Waals surface area contributed by atoms with Gasteiger partial charge in [-0.15, -0.1) is 21.5 Å². The molecular formula is C31H22N4OS. The number of rotatable bonds is 3. The third kappa shape index (κ3) is 3.77. The average Bonchev–Trinajstić information content (AvgIpc) is 3.33. The van der Waals surface area contributed by atoms with Crippen LogP contribution in [0.2, 0.25) is 0 Å². The highest BCUT2D eigenvalue weighted by Crippen LogP contribution is 2.42. The molecule has 6 aromatic rings. The molecule has 1 aliphatic heterocycles. The van der Waals surface area contributed by atoms with Crippen LogP contribution >= 0.6 is 11.3 Å². The highest BCUT2D eigenvalue weighted by atomic mass is 32.1. The summed E-state index contributed by atoms with van der Waals surface area (Å²) in [6.07, 6.45) is 0.728. The van der Waals surface area contributed by atoms with Gasteiger partial charge in [0.25, 0.3) is 5.91 Å². The van der Waals surface area contributed by atoms with Crippen LogP contribution in [0.3, 0.4) is 0 Å². The van der Waals surface area contributed by atoms with Crippen LogP contribution in [0.1, 0.15) is 21.6 Å². The molecule has 0 radical (unpaired) electrons. The molecule has 1 amide bonds. The molecule has 0 unspecified atom stereocenters. The van der Waals surface area contributed by atoms with Gasteiger partial charge in [-0.2, -0.15) is 0 Å². The van der Waals surface area contributed by atoms with Gasteiger partial charge in [0.2, 0.25) is 0 Å². The molecule has 0 aliphatic carbocycles. The maximum atomic E-state index is 13.1. The second kappa shape index (κ2) is 8.91. The van der Waals surface area contributed by atoms with Gasteiger partial charge >= 0.3 is 0 Å². The third-order valence-corrected chi connectivity index (χ3v) is 7.95. The Kier molecular flexibility index (Phi) is 5.26. The van der Waals surface area contributed by atoms with E-state index in [1.807, 2.05) is 59.5 Å². The number of nitrogens with zero attached hydrogens (tertiary/aromatic N) is 4. The molecule has 3 aromatic heterocycles. The zero-order chi connectivity index (χ0) is 24.8. The molecule has 0 spiro atoms. The van der Waals surface area contributed by atoms with Crippen LogP contribution in [0.15, 0.2) is 97.1 Å². The summed E-state index contributed by atoms with van der Waals surface area (Å²) >= 11 is 1.61. The van der Waals surface area contributed by atoms with Crippen molar-refractivity contribution in [3.63, 3.8) is 0 Å². The molecule has 0 fully saturated rings. The highest BCUT2D eigenvalue weighted by molar-refractivity contribution is 7.25. The summed E-state index contributed by atoms with van der Waals surface area (Å²) in [6.45, 7) is 1.22. The van der Waals surface area contributed by atoms with Crippen molar-refractivity contribution in [1.82, 2.24) is 20.1 Å². The summed E-state index contributed by atoms with van der Waals surface area (Å²) < 4.78 is 1.07. The lowest BCUT2D eigenvalue weighted by Crippen LogP contribution is -2.36. The lowest BCUT2D eigenvalue weighted by atomic mass is 9.96. The van der Waals surface area contributed by atoms with Crippen LogP contribution in [-0.4, -0.2) is 32.5 Å². The first-order valence-electron chi connectivity index (χ1n) is 12.3. The van der Waals surface area contributed by atoms with E-state index in [9.17, 15) is 4.79 Å². The number of carbonyl (C=O) groups excluding carboxylic acids is 1. The minimum atomic E-state index is 0.0624. The minimum Gasteiger partial charge on any atom is -0.334 e. The fourth-order valence-electron chi connectivity index (χ4n) is 5.14. The molecule has 4 heterocycles. The van der Waals surface area contributed by atoms with Crippen LogP contribution in [0.4, 0.5) is 0 Å². The SMILES string of the molecule is O=C(c1ccccc1)N1CCc2nc3c(cc2C1)sc1nnc(-c2ccccc2)c(-c2ccccc2)c13. The normalized spacial score (nSPS) is 13.1. The zero-order valence-corrected chi connectivity index (χ0v) is 20.8. The van der Waals surface area contributed by atoms with Crippen molar-refractivity contribution >= 4 is 37.7 Å². The molecule has 1 aliphatic rings. The fourth-order valence-corrected chi connectivity index (χ4v) is 6.18. The second-order valence-corrected chi connectivity index (χ2v) is 10.3. The maximum absolute atomic E-state index is 13.1. The van der Waals surface area contributed by atoms with E-state index in [1.54, 1.807) is 11.3 Å². The summed E-state index contributed by atoms with van der Waals surface area (Å²) in [5, 5.41) is 10.4. The molecule has 37 heavy (non-hydrogen) atoms. The van der Waals surface area contributed by atoms with Gasteiger partial charge in [-0.1, -0.05) is 78.9 Å². The number of aromatic nitrogens is 3. The summed E-state index contributed by atoms with van der Waals surface area (Å²) in [7, 11) is 0. The first kappa shape index (κ1) is 21.8. The lowest BCUT2D eigenvalue weighted by molar-refractivity contribution is 0.0734. The molecule has 0 bridgehead atoms. The Bertz CT molecular complexity index is 1770. The minimum absolute atomic E-state index is 0.0624. The Morgan fingerprint density at radius 2 is 1.49 bits per heavy atom. The molecule has 178 valence electrons. The van der Waals surface area contributed by atoms with E-state index in [0.29, 0.717) is 13.1 Å². The average molecular weight is 499 g/mol.